The van der Waals surface area contributed by atoms with E-state index in [9.17, 15) is 0 Å². The van der Waals surface area contributed by atoms with Crippen LogP contribution < -0.4 is 10.2 Å². The van der Waals surface area contributed by atoms with Gasteiger partial charge in [-0.1, -0.05) is 0 Å². The highest BCUT2D eigenvalue weighted by Gasteiger charge is 2.06. The van der Waals surface area contributed by atoms with Gasteiger partial charge in [0.25, 0.3) is 6.01 Å². The van der Waals surface area contributed by atoms with Crippen molar-refractivity contribution < 1.29 is 4.42 Å². The number of nitrogens with one attached hydrogen (secondary N) is 1. The van der Waals surface area contributed by atoms with Crippen LogP contribution in [0.4, 0.5) is 11.7 Å². The van der Waals surface area contributed by atoms with Crippen molar-refractivity contribution in [1.29, 1.82) is 0 Å². The molecule has 74 valence electrons. The number of hydrogen-bond acceptors (Lipinski definition) is 4. The number of anilines is 2. The van der Waals surface area contributed by atoms with Gasteiger partial charge in [0.1, 0.15) is 5.52 Å². The fourth-order valence-corrected chi connectivity index (χ4v) is 1.26. The number of benzene rings is 1. The highest BCUT2D eigenvalue weighted by Crippen LogP contribution is 2.23. The van der Waals surface area contributed by atoms with E-state index in [2.05, 4.69) is 10.3 Å². The Morgan fingerprint density at radius 2 is 2.14 bits per heavy atom. The highest BCUT2D eigenvalue weighted by atomic mass is 16.4. The fraction of sp³-hybridized carbons (Fsp3) is 0.300. The molecule has 4 heteroatoms. The van der Waals surface area contributed by atoms with Gasteiger partial charge in [-0.05, 0) is 18.2 Å². The Morgan fingerprint density at radius 1 is 1.36 bits per heavy atom. The molecule has 0 amide bonds. The van der Waals surface area contributed by atoms with E-state index in [1.54, 1.807) is 0 Å². The molecule has 0 saturated carbocycles. The van der Waals surface area contributed by atoms with Crippen LogP contribution in [0.15, 0.2) is 22.6 Å². The molecular weight excluding hydrogens is 178 g/mol. The summed E-state index contributed by atoms with van der Waals surface area (Å²) >= 11 is 0. The average Bonchev–Trinajstić information content (AvgIpc) is 2.59. The lowest BCUT2D eigenvalue weighted by Crippen LogP contribution is -2.08. The summed E-state index contributed by atoms with van der Waals surface area (Å²) in [6, 6.07) is 6.48. The lowest BCUT2D eigenvalue weighted by molar-refractivity contribution is 0.597. The molecule has 2 aromatic rings. The van der Waals surface area contributed by atoms with Gasteiger partial charge in [0.05, 0.1) is 0 Å². The molecule has 0 saturated heterocycles. The van der Waals surface area contributed by atoms with Crippen LogP contribution in [-0.4, -0.2) is 26.1 Å². The largest absolute Gasteiger partial charge is 0.423 e. The second-order valence-corrected chi connectivity index (χ2v) is 3.32. The van der Waals surface area contributed by atoms with Crippen molar-refractivity contribution in [2.75, 3.05) is 31.4 Å². The van der Waals surface area contributed by atoms with Crippen LogP contribution >= 0.6 is 0 Å². The maximum absolute atomic E-state index is 5.52. The molecule has 0 aliphatic rings. The first-order chi connectivity index (χ1) is 6.70. The van der Waals surface area contributed by atoms with Crippen molar-refractivity contribution in [3.63, 3.8) is 0 Å². The van der Waals surface area contributed by atoms with Crippen molar-refractivity contribution in [2.24, 2.45) is 0 Å². The van der Waals surface area contributed by atoms with E-state index in [0.29, 0.717) is 6.01 Å². The van der Waals surface area contributed by atoms with E-state index in [4.69, 9.17) is 4.42 Å². The number of nitrogens with zero attached hydrogens (tertiary/aromatic N) is 2. The molecule has 1 N–H and O–H groups in total. The van der Waals surface area contributed by atoms with Crippen molar-refractivity contribution >= 4 is 22.8 Å². The number of hydrogen-bond donors (Lipinski definition) is 1. The lowest BCUT2D eigenvalue weighted by atomic mass is 10.3. The molecule has 1 aromatic carbocycles. The van der Waals surface area contributed by atoms with E-state index in [1.807, 2.05) is 44.2 Å². The minimum Gasteiger partial charge on any atom is -0.423 e. The molecule has 0 aliphatic heterocycles. The Labute approximate surface area is 82.5 Å². The van der Waals surface area contributed by atoms with Crippen LogP contribution in [0, 0.1) is 0 Å². The summed E-state index contributed by atoms with van der Waals surface area (Å²) in [7, 11) is 5.70. The summed E-state index contributed by atoms with van der Waals surface area (Å²) in [5, 5.41) is 3.06. The van der Waals surface area contributed by atoms with Crippen LogP contribution in [0.25, 0.3) is 11.1 Å². The maximum atomic E-state index is 5.52. The SMILES string of the molecule is CNc1ccc2oc(N(C)C)nc2c1. The standard InChI is InChI=1S/C10H13N3O/c1-11-7-4-5-9-8(6-7)12-10(14-9)13(2)3/h4-6,11H,1-3H3. The van der Waals surface area contributed by atoms with Gasteiger partial charge in [-0.25, -0.2) is 0 Å². The van der Waals surface area contributed by atoms with Gasteiger partial charge in [0, 0.05) is 26.8 Å². The molecule has 0 unspecified atom stereocenters. The Hall–Kier alpha value is -1.71. The summed E-state index contributed by atoms with van der Waals surface area (Å²) in [5.41, 5.74) is 2.73. The van der Waals surface area contributed by atoms with E-state index in [1.165, 1.54) is 0 Å². The van der Waals surface area contributed by atoms with Gasteiger partial charge in [0.2, 0.25) is 0 Å². The molecule has 0 atom stereocenters. The second kappa shape index (κ2) is 3.21. The minimum absolute atomic E-state index is 0.633. The molecule has 2 rings (SSSR count). The summed E-state index contributed by atoms with van der Waals surface area (Å²) in [5.74, 6) is 0. The summed E-state index contributed by atoms with van der Waals surface area (Å²) < 4.78 is 5.52. The smallest absolute Gasteiger partial charge is 0.297 e. The summed E-state index contributed by atoms with van der Waals surface area (Å²) in [6.45, 7) is 0. The third-order valence-corrected chi connectivity index (χ3v) is 2.05. The molecule has 0 bridgehead atoms. The van der Waals surface area contributed by atoms with E-state index >= 15 is 0 Å². The van der Waals surface area contributed by atoms with Crippen LogP contribution in [0.5, 0.6) is 0 Å². The molecule has 0 fully saturated rings. The zero-order chi connectivity index (χ0) is 10.1. The number of aromatic nitrogens is 1. The Kier molecular flexibility index (Phi) is 2.04. The Balaban J connectivity index is 2.54. The third-order valence-electron chi connectivity index (χ3n) is 2.05. The quantitative estimate of drug-likeness (QED) is 0.787. The zero-order valence-corrected chi connectivity index (χ0v) is 8.53. The molecule has 1 aromatic heterocycles. The molecular formula is C10H13N3O. The first-order valence-electron chi connectivity index (χ1n) is 4.46. The average molecular weight is 191 g/mol. The number of oxazole rings is 1. The van der Waals surface area contributed by atoms with E-state index in [0.717, 1.165) is 16.8 Å². The van der Waals surface area contributed by atoms with Crippen LogP contribution in [0.1, 0.15) is 0 Å². The molecule has 1 heterocycles. The molecule has 0 aliphatic carbocycles. The molecule has 4 nitrogen and oxygen atoms in total. The number of rotatable bonds is 2. The van der Waals surface area contributed by atoms with E-state index in [-0.39, 0.29) is 0 Å². The summed E-state index contributed by atoms with van der Waals surface area (Å²) in [6.07, 6.45) is 0. The Morgan fingerprint density at radius 3 is 2.79 bits per heavy atom. The van der Waals surface area contributed by atoms with Gasteiger partial charge < -0.3 is 14.6 Å². The van der Waals surface area contributed by atoms with Crippen molar-refractivity contribution in [2.45, 2.75) is 0 Å². The minimum atomic E-state index is 0.633. The van der Waals surface area contributed by atoms with Crippen molar-refractivity contribution in [3.05, 3.63) is 18.2 Å². The van der Waals surface area contributed by atoms with Gasteiger partial charge in [-0.2, -0.15) is 4.98 Å². The second-order valence-electron chi connectivity index (χ2n) is 3.32. The molecule has 0 spiro atoms. The van der Waals surface area contributed by atoms with Gasteiger partial charge in [-0.3, -0.25) is 0 Å². The highest BCUT2D eigenvalue weighted by molar-refractivity contribution is 5.78. The number of fused-ring (bicyclic) bond motifs is 1. The zero-order valence-electron chi connectivity index (χ0n) is 8.53. The molecule has 0 radical (unpaired) electrons. The van der Waals surface area contributed by atoms with Crippen LogP contribution in [0.2, 0.25) is 0 Å². The van der Waals surface area contributed by atoms with Gasteiger partial charge in [0.15, 0.2) is 5.58 Å². The fourth-order valence-electron chi connectivity index (χ4n) is 1.26. The van der Waals surface area contributed by atoms with E-state index < -0.39 is 0 Å². The van der Waals surface area contributed by atoms with Gasteiger partial charge >= 0.3 is 0 Å². The topological polar surface area (TPSA) is 41.3 Å². The third kappa shape index (κ3) is 1.39. The first kappa shape index (κ1) is 8.87. The Bertz CT molecular complexity index is 448. The molecule has 14 heavy (non-hydrogen) atoms. The maximum Gasteiger partial charge on any atom is 0.297 e. The van der Waals surface area contributed by atoms with Crippen LogP contribution in [0.3, 0.4) is 0 Å². The van der Waals surface area contributed by atoms with Gasteiger partial charge in [-0.15, -0.1) is 0 Å². The monoisotopic (exact) mass is 191 g/mol. The van der Waals surface area contributed by atoms with Crippen LogP contribution in [-0.2, 0) is 0 Å². The normalized spacial score (nSPS) is 10.5. The summed E-state index contributed by atoms with van der Waals surface area (Å²) in [4.78, 5) is 6.19. The first-order valence-corrected chi connectivity index (χ1v) is 4.46. The lowest BCUT2D eigenvalue weighted by Gasteiger charge is -2.03. The van der Waals surface area contributed by atoms with Crippen molar-refractivity contribution in [1.82, 2.24) is 4.98 Å². The predicted molar refractivity (Wildman–Crippen MR) is 57.9 cm³/mol. The predicted octanol–water partition coefficient (Wildman–Crippen LogP) is 1.94. The van der Waals surface area contributed by atoms with Crippen molar-refractivity contribution in [3.8, 4) is 0 Å².